The molecule has 3 heterocycles. The number of fused-ring (bicyclic) bond motifs is 1. The van der Waals surface area contributed by atoms with Gasteiger partial charge in [-0.1, -0.05) is 72.3 Å². The molecule has 4 rings (SSSR count). The lowest BCUT2D eigenvalue weighted by Crippen LogP contribution is -2.60. The van der Waals surface area contributed by atoms with Crippen molar-refractivity contribution in [2.24, 2.45) is 17.8 Å². The first-order valence-corrected chi connectivity index (χ1v) is 17.9. The molecule has 10 nitrogen and oxygen atoms in total. The third-order valence-electron chi connectivity index (χ3n) is 10.2. The zero-order valence-electron chi connectivity index (χ0n) is 29.1. The molecule has 11 heteroatoms. The molecule has 0 saturated carbocycles. The van der Waals surface area contributed by atoms with Crippen LogP contribution in [0.5, 0.6) is 0 Å². The van der Waals surface area contributed by atoms with Gasteiger partial charge in [-0.2, -0.15) is 0 Å². The Morgan fingerprint density at radius 3 is 2.38 bits per heavy atom. The standard InChI is InChI=1S/C37H52BrN3O7/c1-9-11-17-28(43)39(8)24(7)31(25-15-13-12-14-16-25)47-36(46)29-30-34(44)41(26(21-42)19-22(3)4)33(35(45)40(18-10-2)23(5)6)37(30)20-27(38)32(29)48-37/h9-10,12-16,22-24,26-27,29-33,42H,1-2,11,17-21H2,3-8H3/t24-,26-,27?,29+,30-,31+,32+,33+,37-/m1/s1. The zero-order chi connectivity index (χ0) is 35.5. The second kappa shape index (κ2) is 15.7. The Balaban J connectivity index is 1.76. The fourth-order valence-corrected chi connectivity index (χ4v) is 8.75. The molecule has 264 valence electrons. The van der Waals surface area contributed by atoms with E-state index in [2.05, 4.69) is 29.1 Å². The van der Waals surface area contributed by atoms with Crippen molar-refractivity contribution in [2.45, 2.75) is 107 Å². The van der Waals surface area contributed by atoms with Crippen molar-refractivity contribution in [3.05, 3.63) is 61.2 Å². The molecular formula is C37H52BrN3O7. The van der Waals surface area contributed by atoms with Gasteiger partial charge >= 0.3 is 5.97 Å². The van der Waals surface area contributed by atoms with E-state index in [-0.39, 0.29) is 54.1 Å². The van der Waals surface area contributed by atoms with Crippen LogP contribution in [0.4, 0.5) is 0 Å². The highest BCUT2D eigenvalue weighted by Gasteiger charge is 2.77. The van der Waals surface area contributed by atoms with Gasteiger partial charge in [0.2, 0.25) is 17.7 Å². The minimum absolute atomic E-state index is 0.112. The van der Waals surface area contributed by atoms with Crippen molar-refractivity contribution >= 4 is 39.6 Å². The summed E-state index contributed by atoms with van der Waals surface area (Å²) in [6, 6.07) is 6.81. The number of hydrogen-bond donors (Lipinski definition) is 1. The highest BCUT2D eigenvalue weighted by atomic mass is 79.9. The number of alkyl halides is 1. The number of hydrogen-bond acceptors (Lipinski definition) is 7. The number of nitrogens with zero attached hydrogens (tertiary/aromatic N) is 3. The number of allylic oxidation sites excluding steroid dienone is 1. The number of carbonyl (C=O) groups excluding carboxylic acids is 4. The van der Waals surface area contributed by atoms with E-state index >= 15 is 0 Å². The molecule has 1 unspecified atom stereocenters. The van der Waals surface area contributed by atoms with E-state index < -0.39 is 53.7 Å². The summed E-state index contributed by atoms with van der Waals surface area (Å²) < 4.78 is 13.0. The van der Waals surface area contributed by atoms with E-state index in [4.69, 9.17) is 9.47 Å². The third kappa shape index (κ3) is 7.01. The lowest BCUT2D eigenvalue weighted by atomic mass is 9.70. The summed E-state index contributed by atoms with van der Waals surface area (Å²) in [6.45, 7) is 17.1. The molecule has 3 saturated heterocycles. The lowest BCUT2D eigenvalue weighted by Gasteiger charge is -2.40. The van der Waals surface area contributed by atoms with Gasteiger partial charge in [-0.25, -0.2) is 0 Å². The fraction of sp³-hybridized carbons (Fsp3) is 0.622. The largest absolute Gasteiger partial charge is 0.455 e. The first kappa shape index (κ1) is 37.8. The van der Waals surface area contributed by atoms with E-state index in [0.717, 1.165) is 0 Å². The third-order valence-corrected chi connectivity index (χ3v) is 11.0. The van der Waals surface area contributed by atoms with E-state index in [1.54, 1.807) is 29.0 Å². The van der Waals surface area contributed by atoms with Crippen molar-refractivity contribution in [1.82, 2.24) is 14.7 Å². The minimum atomic E-state index is -1.30. The van der Waals surface area contributed by atoms with Crippen LogP contribution in [0.3, 0.4) is 0 Å². The Labute approximate surface area is 293 Å². The molecule has 0 aliphatic carbocycles. The molecule has 9 atom stereocenters. The molecule has 1 aromatic rings. The number of likely N-dealkylation sites (tertiary alicyclic amines) is 1. The van der Waals surface area contributed by atoms with Crippen LogP contribution in [0.2, 0.25) is 0 Å². The Kier molecular flexibility index (Phi) is 12.3. The van der Waals surface area contributed by atoms with E-state index in [9.17, 15) is 24.3 Å². The molecule has 3 fully saturated rings. The zero-order valence-corrected chi connectivity index (χ0v) is 30.7. The monoisotopic (exact) mass is 729 g/mol. The van der Waals surface area contributed by atoms with Gasteiger partial charge in [0, 0.05) is 30.9 Å². The van der Waals surface area contributed by atoms with E-state index in [0.29, 0.717) is 24.8 Å². The Bertz CT molecular complexity index is 1360. The molecule has 3 aliphatic heterocycles. The molecule has 48 heavy (non-hydrogen) atoms. The number of amides is 3. The van der Waals surface area contributed by atoms with Crippen LogP contribution in [0.25, 0.3) is 0 Å². The van der Waals surface area contributed by atoms with Gasteiger partial charge in [-0.3, -0.25) is 19.2 Å². The SMILES string of the molecule is C=CCCC(=O)N(C)[C@H](C)[C@H](OC(=O)[C@@H]1[C@H]2O[C@@]3(CC2Br)[C@H](C(=O)N(CC=C)C(C)C)N([C@@H](CO)CC(C)C)C(=O)[C@@H]13)c1ccccc1. The number of carbonyl (C=O) groups is 4. The minimum Gasteiger partial charge on any atom is -0.455 e. The molecule has 0 radical (unpaired) electrons. The maximum absolute atomic E-state index is 14.7. The molecule has 3 amide bonds. The predicted octanol–water partition coefficient (Wildman–Crippen LogP) is 4.66. The molecular weight excluding hydrogens is 678 g/mol. The van der Waals surface area contributed by atoms with Crippen LogP contribution in [0, 0.1) is 17.8 Å². The normalized spacial score (nSPS) is 27.8. The molecule has 0 aromatic heterocycles. The summed E-state index contributed by atoms with van der Waals surface area (Å²) in [6.07, 6.45) is 3.39. The Hall–Kier alpha value is -3.02. The topological polar surface area (TPSA) is 117 Å². The molecule has 1 N–H and O–H groups in total. The smallest absolute Gasteiger partial charge is 0.313 e. The predicted molar refractivity (Wildman–Crippen MR) is 187 cm³/mol. The number of benzene rings is 1. The van der Waals surface area contributed by atoms with Gasteiger partial charge in [0.15, 0.2) is 0 Å². The summed E-state index contributed by atoms with van der Waals surface area (Å²) in [5.41, 5.74) is -0.599. The lowest BCUT2D eigenvalue weighted by molar-refractivity contribution is -0.165. The maximum atomic E-state index is 14.7. The van der Waals surface area contributed by atoms with E-state index in [1.165, 1.54) is 4.90 Å². The van der Waals surface area contributed by atoms with Crippen LogP contribution in [0.1, 0.15) is 72.0 Å². The Morgan fingerprint density at radius 2 is 1.81 bits per heavy atom. The quantitative estimate of drug-likeness (QED) is 0.150. The second-order valence-corrected chi connectivity index (χ2v) is 15.3. The average molecular weight is 731 g/mol. The van der Waals surface area contributed by atoms with Gasteiger partial charge in [-0.05, 0) is 51.5 Å². The fourth-order valence-electron chi connectivity index (χ4n) is 7.80. The number of rotatable bonds is 16. The van der Waals surface area contributed by atoms with Gasteiger partial charge in [0.25, 0.3) is 0 Å². The van der Waals surface area contributed by atoms with Crippen LogP contribution in [0.15, 0.2) is 55.6 Å². The van der Waals surface area contributed by atoms with Crippen molar-refractivity contribution in [3.8, 4) is 0 Å². The molecule has 1 spiro atoms. The number of aliphatic hydroxyl groups excluding tert-OH is 1. The first-order valence-electron chi connectivity index (χ1n) is 17.0. The van der Waals surface area contributed by atoms with Gasteiger partial charge in [0.1, 0.15) is 17.7 Å². The highest BCUT2D eigenvalue weighted by molar-refractivity contribution is 9.09. The summed E-state index contributed by atoms with van der Waals surface area (Å²) in [7, 11) is 1.69. The second-order valence-electron chi connectivity index (χ2n) is 14.1. The van der Waals surface area contributed by atoms with Crippen molar-refractivity contribution in [1.29, 1.82) is 0 Å². The van der Waals surface area contributed by atoms with E-state index in [1.807, 2.05) is 65.0 Å². The van der Waals surface area contributed by atoms with Crippen LogP contribution < -0.4 is 0 Å². The summed E-state index contributed by atoms with van der Waals surface area (Å²) >= 11 is 3.74. The van der Waals surface area contributed by atoms with Crippen LogP contribution in [-0.4, -0.2) is 104 Å². The van der Waals surface area contributed by atoms with Crippen molar-refractivity contribution in [2.75, 3.05) is 20.2 Å². The van der Waals surface area contributed by atoms with Gasteiger partial charge < -0.3 is 29.3 Å². The molecule has 2 bridgehead atoms. The molecule has 1 aromatic carbocycles. The number of likely N-dealkylation sites (N-methyl/N-ethyl adjacent to an activating group) is 1. The number of ether oxygens (including phenoxy) is 2. The van der Waals surface area contributed by atoms with Crippen molar-refractivity contribution in [3.63, 3.8) is 0 Å². The molecule has 3 aliphatic rings. The Morgan fingerprint density at radius 1 is 1.15 bits per heavy atom. The van der Waals surface area contributed by atoms with Gasteiger partial charge in [-0.15, -0.1) is 13.2 Å². The van der Waals surface area contributed by atoms with Crippen LogP contribution in [-0.2, 0) is 28.7 Å². The summed E-state index contributed by atoms with van der Waals surface area (Å²) in [4.78, 5) is 61.2. The summed E-state index contributed by atoms with van der Waals surface area (Å²) in [5.74, 6) is -3.30. The first-order chi connectivity index (χ1) is 22.7. The number of aliphatic hydroxyl groups is 1. The van der Waals surface area contributed by atoms with Crippen molar-refractivity contribution < 1.29 is 33.8 Å². The van der Waals surface area contributed by atoms with Gasteiger partial charge in [0.05, 0.1) is 36.6 Å². The number of esters is 1. The average Bonchev–Trinajstić information content (AvgIpc) is 3.66. The highest BCUT2D eigenvalue weighted by Crippen LogP contribution is 2.61. The number of halogens is 1. The maximum Gasteiger partial charge on any atom is 0.313 e. The summed E-state index contributed by atoms with van der Waals surface area (Å²) in [5, 5.41) is 10.6. The van der Waals surface area contributed by atoms with Crippen LogP contribution >= 0.6 is 15.9 Å².